The third-order valence-electron chi connectivity index (χ3n) is 4.31. The summed E-state index contributed by atoms with van der Waals surface area (Å²) in [6, 6.07) is 13.8. The topological polar surface area (TPSA) is 77.3 Å². The van der Waals surface area contributed by atoms with Crippen LogP contribution in [0.2, 0.25) is 0 Å². The molecule has 29 heavy (non-hydrogen) atoms. The van der Waals surface area contributed by atoms with Crippen LogP contribution in [0.15, 0.2) is 51.9 Å². The van der Waals surface area contributed by atoms with E-state index in [-0.39, 0.29) is 24.0 Å². The maximum Gasteiger partial charge on any atom is 0.203 e. The molecule has 0 aliphatic rings. The van der Waals surface area contributed by atoms with Crippen LogP contribution in [0, 0.1) is 0 Å². The molecule has 0 spiro atoms. The summed E-state index contributed by atoms with van der Waals surface area (Å²) in [7, 11) is 6.51. The molecule has 0 saturated carbocycles. The number of benzene rings is 2. The van der Waals surface area contributed by atoms with Gasteiger partial charge in [0.05, 0.1) is 27.9 Å². The van der Waals surface area contributed by atoms with E-state index < -0.39 is 0 Å². The number of methoxy groups -OCH3 is 3. The fraction of sp³-hybridized carbons (Fsp3) is 0.286. The molecule has 7 nitrogen and oxygen atoms in total. The molecule has 2 N–H and O–H groups in total. The quantitative estimate of drug-likeness (QED) is 0.285. The van der Waals surface area contributed by atoms with Crippen molar-refractivity contribution >= 4 is 40.9 Å². The monoisotopic (exact) mass is 511 g/mol. The van der Waals surface area contributed by atoms with Crippen LogP contribution in [-0.4, -0.2) is 34.3 Å². The average molecular weight is 511 g/mol. The molecule has 0 atom stereocenters. The average Bonchev–Trinajstić information content (AvgIpc) is 3.15. The maximum atomic E-state index is 5.82. The van der Waals surface area contributed by atoms with Crippen molar-refractivity contribution in [2.24, 2.45) is 4.99 Å². The zero-order valence-electron chi connectivity index (χ0n) is 16.9. The van der Waals surface area contributed by atoms with Crippen LogP contribution in [0.1, 0.15) is 11.3 Å². The molecule has 0 aliphatic carbocycles. The van der Waals surface area contributed by atoms with Crippen molar-refractivity contribution in [2.45, 2.75) is 13.1 Å². The Morgan fingerprint density at radius 2 is 1.59 bits per heavy atom. The molecule has 156 valence electrons. The number of nitrogens with one attached hydrogen (secondary N) is 2. The smallest absolute Gasteiger partial charge is 0.203 e. The Bertz CT molecular complexity index is 913. The normalized spacial score (nSPS) is 11.0. The first kappa shape index (κ1) is 22.7. The summed E-state index contributed by atoms with van der Waals surface area (Å²) >= 11 is 0. The van der Waals surface area contributed by atoms with Gasteiger partial charge in [-0.05, 0) is 29.8 Å². The highest BCUT2D eigenvalue weighted by atomic mass is 127. The number of rotatable bonds is 7. The molecule has 3 rings (SSSR count). The molecule has 0 radical (unpaired) electrons. The molecule has 0 saturated heterocycles. The van der Waals surface area contributed by atoms with Gasteiger partial charge in [-0.1, -0.05) is 18.2 Å². The predicted octanol–water partition coefficient (Wildman–Crippen LogP) is 3.94. The Balaban J connectivity index is 0.00000300. The molecule has 3 aromatic rings. The second kappa shape index (κ2) is 10.8. The van der Waals surface area contributed by atoms with Gasteiger partial charge in [0, 0.05) is 19.0 Å². The van der Waals surface area contributed by atoms with E-state index in [1.165, 1.54) is 0 Å². The van der Waals surface area contributed by atoms with Gasteiger partial charge in [-0.3, -0.25) is 4.99 Å². The summed E-state index contributed by atoms with van der Waals surface area (Å²) in [5, 5.41) is 7.61. The van der Waals surface area contributed by atoms with Crippen molar-refractivity contribution in [1.82, 2.24) is 10.6 Å². The van der Waals surface area contributed by atoms with E-state index >= 15 is 0 Å². The van der Waals surface area contributed by atoms with Crippen molar-refractivity contribution in [2.75, 3.05) is 28.4 Å². The first-order chi connectivity index (χ1) is 13.7. The zero-order valence-corrected chi connectivity index (χ0v) is 19.3. The Morgan fingerprint density at radius 1 is 0.931 bits per heavy atom. The highest BCUT2D eigenvalue weighted by Gasteiger charge is 2.13. The van der Waals surface area contributed by atoms with Gasteiger partial charge >= 0.3 is 0 Å². The van der Waals surface area contributed by atoms with E-state index in [1.54, 1.807) is 28.4 Å². The molecule has 1 heterocycles. The minimum absolute atomic E-state index is 0. The summed E-state index contributed by atoms with van der Waals surface area (Å²) < 4.78 is 22.0. The Morgan fingerprint density at radius 3 is 2.17 bits per heavy atom. The molecule has 2 aromatic carbocycles. The fourth-order valence-electron chi connectivity index (χ4n) is 2.94. The minimum Gasteiger partial charge on any atom is -0.493 e. The second-order valence-corrected chi connectivity index (χ2v) is 6.06. The molecular formula is C21H26IN3O4. The van der Waals surface area contributed by atoms with E-state index in [9.17, 15) is 0 Å². The number of furan rings is 1. The van der Waals surface area contributed by atoms with Crippen LogP contribution in [0.5, 0.6) is 17.2 Å². The van der Waals surface area contributed by atoms with E-state index in [2.05, 4.69) is 15.6 Å². The van der Waals surface area contributed by atoms with E-state index in [0.717, 1.165) is 22.3 Å². The van der Waals surface area contributed by atoms with Crippen LogP contribution >= 0.6 is 24.0 Å². The summed E-state index contributed by atoms with van der Waals surface area (Å²) in [5.41, 5.74) is 1.85. The van der Waals surface area contributed by atoms with Gasteiger partial charge in [-0.2, -0.15) is 0 Å². The molecule has 0 amide bonds. The number of halogens is 1. The van der Waals surface area contributed by atoms with Gasteiger partial charge in [0.1, 0.15) is 11.3 Å². The Kier molecular flexibility index (Phi) is 8.44. The molecule has 0 bridgehead atoms. The summed E-state index contributed by atoms with van der Waals surface area (Å²) in [6.45, 7) is 1.07. The van der Waals surface area contributed by atoms with Gasteiger partial charge in [-0.25, -0.2) is 0 Å². The third-order valence-corrected chi connectivity index (χ3v) is 4.31. The molecule has 0 unspecified atom stereocenters. The third kappa shape index (κ3) is 5.47. The lowest BCUT2D eigenvalue weighted by molar-refractivity contribution is 0.323. The number of hydrogen-bond donors (Lipinski definition) is 2. The van der Waals surface area contributed by atoms with Gasteiger partial charge in [0.25, 0.3) is 0 Å². The fourth-order valence-corrected chi connectivity index (χ4v) is 2.94. The van der Waals surface area contributed by atoms with Crippen molar-refractivity contribution < 1.29 is 18.6 Å². The number of ether oxygens (including phenoxy) is 3. The molecular weight excluding hydrogens is 485 g/mol. The predicted molar refractivity (Wildman–Crippen MR) is 125 cm³/mol. The van der Waals surface area contributed by atoms with E-state index in [0.29, 0.717) is 36.3 Å². The highest BCUT2D eigenvalue weighted by molar-refractivity contribution is 14.0. The molecule has 8 heteroatoms. The standard InChI is InChI=1S/C21H25N3O4.HI/c1-22-21(24-13-16-11-15-7-5-6-8-17(15)28-16)23-12-14-9-18(25-2)20(27-4)19(10-14)26-3;/h5-11H,12-13H2,1-4H3,(H2,22,23,24);1H. The molecule has 0 aliphatic heterocycles. The molecule has 0 fully saturated rings. The van der Waals surface area contributed by atoms with E-state index in [1.807, 2.05) is 42.5 Å². The number of guanidine groups is 1. The number of fused-ring (bicyclic) bond motifs is 1. The summed E-state index contributed by atoms with van der Waals surface area (Å²) in [5.74, 6) is 3.31. The van der Waals surface area contributed by atoms with Crippen molar-refractivity contribution in [3.63, 3.8) is 0 Å². The highest BCUT2D eigenvalue weighted by Crippen LogP contribution is 2.38. The van der Waals surface area contributed by atoms with Crippen LogP contribution in [0.25, 0.3) is 11.0 Å². The second-order valence-electron chi connectivity index (χ2n) is 6.06. The number of nitrogens with zero attached hydrogens (tertiary/aromatic N) is 1. The zero-order chi connectivity index (χ0) is 19.9. The van der Waals surface area contributed by atoms with Crippen molar-refractivity contribution in [1.29, 1.82) is 0 Å². The van der Waals surface area contributed by atoms with Crippen LogP contribution < -0.4 is 24.8 Å². The molecule has 1 aromatic heterocycles. The van der Waals surface area contributed by atoms with Crippen LogP contribution in [0.4, 0.5) is 0 Å². The first-order valence-electron chi connectivity index (χ1n) is 8.89. The summed E-state index contributed by atoms with van der Waals surface area (Å²) in [6.07, 6.45) is 0. The SMILES string of the molecule is CN=C(NCc1cc(OC)c(OC)c(OC)c1)NCc1cc2ccccc2o1.I. The van der Waals surface area contributed by atoms with Gasteiger partial charge in [-0.15, -0.1) is 24.0 Å². The Hall–Kier alpha value is -2.62. The number of aliphatic imine (C=N–C) groups is 1. The number of hydrogen-bond acceptors (Lipinski definition) is 5. The Labute approximate surface area is 187 Å². The minimum atomic E-state index is 0. The lowest BCUT2D eigenvalue weighted by Gasteiger charge is -2.15. The van der Waals surface area contributed by atoms with Crippen LogP contribution in [-0.2, 0) is 13.1 Å². The summed E-state index contributed by atoms with van der Waals surface area (Å²) in [4.78, 5) is 4.26. The van der Waals surface area contributed by atoms with Crippen LogP contribution in [0.3, 0.4) is 0 Å². The maximum absolute atomic E-state index is 5.82. The number of para-hydroxylation sites is 1. The van der Waals surface area contributed by atoms with E-state index in [4.69, 9.17) is 18.6 Å². The first-order valence-corrected chi connectivity index (χ1v) is 8.89. The van der Waals surface area contributed by atoms with Gasteiger partial charge in [0.2, 0.25) is 5.75 Å². The van der Waals surface area contributed by atoms with Crippen molar-refractivity contribution in [3.8, 4) is 17.2 Å². The van der Waals surface area contributed by atoms with Gasteiger partial charge < -0.3 is 29.3 Å². The van der Waals surface area contributed by atoms with Gasteiger partial charge in [0.15, 0.2) is 17.5 Å². The lowest BCUT2D eigenvalue weighted by Crippen LogP contribution is -2.36. The lowest BCUT2D eigenvalue weighted by atomic mass is 10.2. The largest absolute Gasteiger partial charge is 0.493 e. The van der Waals surface area contributed by atoms with Crippen molar-refractivity contribution in [3.05, 3.63) is 53.8 Å².